The van der Waals surface area contributed by atoms with Gasteiger partial charge in [-0.05, 0) is 18.2 Å². The fourth-order valence-electron chi connectivity index (χ4n) is 2.31. The molecular formula is C14H9NO5S. The quantitative estimate of drug-likeness (QED) is 0.701. The molecule has 0 fully saturated rings. The standard InChI is InChI=1S/C14H9NO5S/c16-13-9-3-1-2-4-10(9)14(17)12-7-8(5-6-11(12)13)15-21(18,19)20/h1-7,15H,(H,18,19,20). The van der Waals surface area contributed by atoms with Gasteiger partial charge in [-0.1, -0.05) is 24.3 Å². The number of hydrogen-bond acceptors (Lipinski definition) is 4. The highest BCUT2D eigenvalue weighted by molar-refractivity contribution is 7.87. The van der Waals surface area contributed by atoms with E-state index >= 15 is 0 Å². The smallest absolute Gasteiger partial charge is 0.289 e. The molecule has 6 nitrogen and oxygen atoms in total. The molecule has 0 bridgehead atoms. The van der Waals surface area contributed by atoms with Crippen LogP contribution >= 0.6 is 0 Å². The second kappa shape index (κ2) is 4.51. The third-order valence-corrected chi connectivity index (χ3v) is 3.67. The van der Waals surface area contributed by atoms with Crippen LogP contribution in [0.3, 0.4) is 0 Å². The van der Waals surface area contributed by atoms with Gasteiger partial charge in [0, 0.05) is 22.3 Å². The Labute approximate surface area is 120 Å². The lowest BCUT2D eigenvalue weighted by molar-refractivity contribution is 0.0979. The van der Waals surface area contributed by atoms with E-state index < -0.39 is 10.3 Å². The van der Waals surface area contributed by atoms with Gasteiger partial charge in [-0.3, -0.25) is 18.9 Å². The summed E-state index contributed by atoms with van der Waals surface area (Å²) in [5, 5.41) is 0. The number of anilines is 1. The van der Waals surface area contributed by atoms with E-state index in [0.29, 0.717) is 5.56 Å². The van der Waals surface area contributed by atoms with E-state index in [1.54, 1.807) is 24.3 Å². The summed E-state index contributed by atoms with van der Waals surface area (Å²) in [5.41, 5.74) is 0.924. The van der Waals surface area contributed by atoms with Gasteiger partial charge in [0.15, 0.2) is 11.6 Å². The summed E-state index contributed by atoms with van der Waals surface area (Å²) in [6.07, 6.45) is 0. The average Bonchev–Trinajstić information content (AvgIpc) is 2.43. The molecule has 2 N–H and O–H groups in total. The minimum atomic E-state index is -4.44. The minimum Gasteiger partial charge on any atom is -0.289 e. The molecule has 21 heavy (non-hydrogen) atoms. The summed E-state index contributed by atoms with van der Waals surface area (Å²) in [4.78, 5) is 24.7. The van der Waals surface area contributed by atoms with Gasteiger partial charge in [-0.25, -0.2) is 0 Å². The highest BCUT2D eigenvalue weighted by Gasteiger charge is 2.29. The lowest BCUT2D eigenvalue weighted by Crippen LogP contribution is -2.21. The Hall–Kier alpha value is -2.51. The van der Waals surface area contributed by atoms with Crippen molar-refractivity contribution in [1.29, 1.82) is 0 Å². The predicted molar refractivity (Wildman–Crippen MR) is 74.9 cm³/mol. The third-order valence-electron chi connectivity index (χ3n) is 3.17. The summed E-state index contributed by atoms with van der Waals surface area (Å²) in [6.45, 7) is 0. The molecule has 0 heterocycles. The maximum atomic E-state index is 12.4. The summed E-state index contributed by atoms with van der Waals surface area (Å²) in [6, 6.07) is 10.3. The van der Waals surface area contributed by atoms with Crippen LogP contribution in [0.1, 0.15) is 31.8 Å². The van der Waals surface area contributed by atoms with E-state index in [1.807, 2.05) is 4.72 Å². The molecule has 0 saturated heterocycles. The second-order valence-corrected chi connectivity index (χ2v) is 5.70. The van der Waals surface area contributed by atoms with Crippen molar-refractivity contribution in [3.63, 3.8) is 0 Å². The van der Waals surface area contributed by atoms with Gasteiger partial charge in [-0.15, -0.1) is 0 Å². The number of ketones is 2. The van der Waals surface area contributed by atoms with Crippen molar-refractivity contribution in [2.75, 3.05) is 4.72 Å². The topological polar surface area (TPSA) is 101 Å². The Kier molecular flexibility index (Phi) is 2.89. The van der Waals surface area contributed by atoms with Crippen LogP contribution in [-0.2, 0) is 10.3 Å². The normalized spacial score (nSPS) is 13.6. The molecule has 3 rings (SSSR count). The van der Waals surface area contributed by atoms with Crippen molar-refractivity contribution >= 4 is 27.6 Å². The number of rotatable bonds is 2. The molecule has 106 valence electrons. The molecule has 0 atom stereocenters. The van der Waals surface area contributed by atoms with Crippen LogP contribution in [0.2, 0.25) is 0 Å². The molecule has 1 aliphatic carbocycles. The zero-order valence-electron chi connectivity index (χ0n) is 10.5. The van der Waals surface area contributed by atoms with Crippen LogP contribution in [0.5, 0.6) is 0 Å². The zero-order chi connectivity index (χ0) is 15.2. The monoisotopic (exact) mass is 303 g/mol. The molecule has 2 aromatic carbocycles. The van der Waals surface area contributed by atoms with Gasteiger partial charge in [0.05, 0.1) is 5.69 Å². The highest BCUT2D eigenvalue weighted by atomic mass is 32.2. The lowest BCUT2D eigenvalue weighted by Gasteiger charge is -2.17. The van der Waals surface area contributed by atoms with E-state index in [9.17, 15) is 18.0 Å². The third kappa shape index (κ3) is 2.32. The molecule has 0 spiro atoms. The molecule has 0 saturated carbocycles. The second-order valence-electron chi connectivity index (χ2n) is 4.54. The Balaban J connectivity index is 2.15. The minimum absolute atomic E-state index is 0.0109. The van der Waals surface area contributed by atoms with Crippen LogP contribution in [-0.4, -0.2) is 24.5 Å². The van der Waals surface area contributed by atoms with E-state index in [1.165, 1.54) is 18.2 Å². The molecule has 7 heteroatoms. The molecule has 0 amide bonds. The van der Waals surface area contributed by atoms with Crippen molar-refractivity contribution in [2.45, 2.75) is 0 Å². The Morgan fingerprint density at radius 1 is 0.810 bits per heavy atom. The molecule has 0 radical (unpaired) electrons. The van der Waals surface area contributed by atoms with Crippen LogP contribution in [0.4, 0.5) is 5.69 Å². The first-order valence-corrected chi connectivity index (χ1v) is 7.38. The average molecular weight is 303 g/mol. The Bertz CT molecular complexity index is 886. The SMILES string of the molecule is O=C1c2ccccc2C(=O)c2cc(NS(=O)(=O)O)ccc21. The summed E-state index contributed by atoms with van der Waals surface area (Å²) >= 11 is 0. The van der Waals surface area contributed by atoms with E-state index in [2.05, 4.69) is 0 Å². The van der Waals surface area contributed by atoms with Gasteiger partial charge in [0.2, 0.25) is 0 Å². The number of fused-ring (bicyclic) bond motifs is 2. The molecule has 0 aliphatic heterocycles. The molecule has 0 unspecified atom stereocenters. The van der Waals surface area contributed by atoms with E-state index in [0.717, 1.165) is 0 Å². The van der Waals surface area contributed by atoms with E-state index in [4.69, 9.17) is 4.55 Å². The lowest BCUT2D eigenvalue weighted by atomic mass is 9.84. The summed E-state index contributed by atoms with van der Waals surface area (Å²) < 4.78 is 32.2. The number of benzene rings is 2. The largest absolute Gasteiger partial charge is 0.357 e. The van der Waals surface area contributed by atoms with Crippen molar-refractivity contribution < 1.29 is 22.6 Å². The number of hydrogen-bond donors (Lipinski definition) is 2. The number of carbonyl (C=O) groups excluding carboxylic acids is 2. The van der Waals surface area contributed by atoms with Crippen molar-refractivity contribution in [3.8, 4) is 0 Å². The number of nitrogens with one attached hydrogen (secondary N) is 1. The fourth-order valence-corrected chi connectivity index (χ4v) is 2.74. The first kappa shape index (κ1) is 13.5. The maximum absolute atomic E-state index is 12.4. The van der Waals surface area contributed by atoms with Gasteiger partial charge in [-0.2, -0.15) is 8.42 Å². The van der Waals surface area contributed by atoms with Gasteiger partial charge in [0.1, 0.15) is 0 Å². The Morgan fingerprint density at radius 2 is 1.33 bits per heavy atom. The summed E-state index contributed by atoms with van der Waals surface area (Å²) in [5.74, 6) is -0.655. The maximum Gasteiger partial charge on any atom is 0.357 e. The Morgan fingerprint density at radius 3 is 1.90 bits per heavy atom. The van der Waals surface area contributed by atoms with Crippen LogP contribution in [0.15, 0.2) is 42.5 Å². The highest BCUT2D eigenvalue weighted by Crippen LogP contribution is 2.29. The molecular weight excluding hydrogens is 294 g/mol. The van der Waals surface area contributed by atoms with Crippen molar-refractivity contribution in [1.82, 2.24) is 0 Å². The molecule has 2 aromatic rings. The van der Waals surface area contributed by atoms with Gasteiger partial charge >= 0.3 is 10.3 Å². The van der Waals surface area contributed by atoms with Gasteiger partial charge < -0.3 is 0 Å². The first-order chi connectivity index (χ1) is 9.87. The van der Waals surface area contributed by atoms with Crippen molar-refractivity contribution in [3.05, 3.63) is 64.7 Å². The van der Waals surface area contributed by atoms with Gasteiger partial charge in [0.25, 0.3) is 0 Å². The fraction of sp³-hybridized carbons (Fsp3) is 0. The first-order valence-electron chi connectivity index (χ1n) is 5.94. The van der Waals surface area contributed by atoms with E-state index in [-0.39, 0.29) is 33.9 Å². The molecule has 0 aromatic heterocycles. The molecule has 1 aliphatic rings. The zero-order valence-corrected chi connectivity index (χ0v) is 11.3. The van der Waals surface area contributed by atoms with Crippen LogP contribution in [0.25, 0.3) is 0 Å². The predicted octanol–water partition coefficient (Wildman–Crippen LogP) is 1.68. The van der Waals surface area contributed by atoms with Crippen LogP contribution in [0, 0.1) is 0 Å². The van der Waals surface area contributed by atoms with Crippen molar-refractivity contribution in [2.24, 2.45) is 0 Å². The number of carbonyl (C=O) groups is 2. The van der Waals surface area contributed by atoms with Crippen LogP contribution < -0.4 is 4.72 Å². The summed E-state index contributed by atoms with van der Waals surface area (Å²) in [7, 11) is -4.44.